The maximum absolute atomic E-state index is 12.6. The molecular weight excluding hydrogens is 372 g/mol. The lowest BCUT2D eigenvalue weighted by Crippen LogP contribution is -2.32. The number of ether oxygens (including phenoxy) is 3. The normalized spacial score (nSPS) is 18.0. The van der Waals surface area contributed by atoms with Gasteiger partial charge in [0.05, 0.1) is 12.5 Å². The second kappa shape index (κ2) is 8.53. The summed E-state index contributed by atoms with van der Waals surface area (Å²) in [6, 6.07) is 13.3. The largest absolute Gasteiger partial charge is 0.486 e. The number of anilines is 1. The number of nitrogens with one attached hydrogen (secondary N) is 1. The van der Waals surface area contributed by atoms with Crippen LogP contribution in [0.25, 0.3) is 0 Å². The minimum atomic E-state index is -0.377. The smallest absolute Gasteiger partial charge is 0.227 e. The fourth-order valence-electron chi connectivity index (χ4n) is 3.66. The number of rotatable bonds is 6. The molecule has 0 aromatic heterocycles. The summed E-state index contributed by atoms with van der Waals surface area (Å²) in [5, 5.41) is 2.95. The van der Waals surface area contributed by atoms with E-state index in [1.807, 2.05) is 30.3 Å². The molecule has 4 rings (SSSR count). The number of methoxy groups -OCH3 is 1. The van der Waals surface area contributed by atoms with Crippen LogP contribution in [0.5, 0.6) is 11.5 Å². The quantitative estimate of drug-likeness (QED) is 0.811. The summed E-state index contributed by atoms with van der Waals surface area (Å²) >= 11 is 0. The van der Waals surface area contributed by atoms with Crippen molar-refractivity contribution in [1.82, 2.24) is 5.32 Å². The lowest BCUT2D eigenvalue weighted by atomic mass is 10.1. The molecule has 0 spiro atoms. The van der Waals surface area contributed by atoms with Crippen molar-refractivity contribution in [2.24, 2.45) is 5.92 Å². The second-order valence-electron chi connectivity index (χ2n) is 7.20. The van der Waals surface area contributed by atoms with Gasteiger partial charge in [-0.2, -0.15) is 0 Å². The van der Waals surface area contributed by atoms with Crippen molar-refractivity contribution in [1.29, 1.82) is 0 Å². The molecule has 2 amide bonds. The van der Waals surface area contributed by atoms with Crippen molar-refractivity contribution in [2.75, 3.05) is 31.8 Å². The van der Waals surface area contributed by atoms with E-state index in [-0.39, 0.29) is 24.2 Å². The van der Waals surface area contributed by atoms with E-state index in [1.165, 1.54) is 0 Å². The molecule has 0 aliphatic carbocycles. The first-order valence-electron chi connectivity index (χ1n) is 9.68. The van der Waals surface area contributed by atoms with E-state index in [1.54, 1.807) is 24.1 Å². The topological polar surface area (TPSA) is 77.1 Å². The molecule has 1 N–H and O–H groups in total. The standard InChI is InChI=1S/C22H24N2O5/c1-27-14-16-4-2-3-15(9-16)12-23-22(26)17-10-21(25)24(13-17)18-5-6-19-20(11-18)29-8-7-28-19/h2-6,9,11,17H,7-8,10,12-14H2,1H3,(H,23,26). The molecule has 2 heterocycles. The molecule has 1 saturated heterocycles. The lowest BCUT2D eigenvalue weighted by molar-refractivity contribution is -0.126. The van der Waals surface area contributed by atoms with Gasteiger partial charge in [0.15, 0.2) is 11.5 Å². The fourth-order valence-corrected chi connectivity index (χ4v) is 3.66. The van der Waals surface area contributed by atoms with Gasteiger partial charge in [-0.3, -0.25) is 9.59 Å². The average molecular weight is 396 g/mol. The van der Waals surface area contributed by atoms with Crippen LogP contribution in [0.1, 0.15) is 17.5 Å². The van der Waals surface area contributed by atoms with E-state index in [4.69, 9.17) is 14.2 Å². The molecule has 1 unspecified atom stereocenters. The van der Waals surface area contributed by atoms with Crippen LogP contribution in [-0.4, -0.2) is 38.7 Å². The highest BCUT2D eigenvalue weighted by molar-refractivity contribution is 6.00. The molecule has 2 aliphatic rings. The van der Waals surface area contributed by atoms with E-state index in [2.05, 4.69) is 5.32 Å². The molecule has 7 nitrogen and oxygen atoms in total. The highest BCUT2D eigenvalue weighted by Crippen LogP contribution is 2.36. The summed E-state index contributed by atoms with van der Waals surface area (Å²) in [5.41, 5.74) is 2.78. The Hall–Kier alpha value is -3.06. The van der Waals surface area contributed by atoms with Crippen molar-refractivity contribution in [2.45, 2.75) is 19.6 Å². The highest BCUT2D eigenvalue weighted by atomic mass is 16.6. The van der Waals surface area contributed by atoms with Crippen LogP contribution in [0.3, 0.4) is 0 Å². The zero-order valence-electron chi connectivity index (χ0n) is 16.3. The molecule has 2 aliphatic heterocycles. The summed E-state index contributed by atoms with van der Waals surface area (Å²) < 4.78 is 16.3. The van der Waals surface area contributed by atoms with Crippen LogP contribution in [-0.2, 0) is 27.5 Å². The van der Waals surface area contributed by atoms with Crippen LogP contribution in [0.2, 0.25) is 0 Å². The zero-order chi connectivity index (χ0) is 20.2. The Kier molecular flexibility index (Phi) is 5.67. The predicted molar refractivity (Wildman–Crippen MR) is 107 cm³/mol. The first-order valence-corrected chi connectivity index (χ1v) is 9.68. The van der Waals surface area contributed by atoms with Gasteiger partial charge in [0.1, 0.15) is 13.2 Å². The third-order valence-electron chi connectivity index (χ3n) is 5.10. The van der Waals surface area contributed by atoms with Gasteiger partial charge in [-0.05, 0) is 23.3 Å². The number of hydrogen-bond acceptors (Lipinski definition) is 5. The van der Waals surface area contributed by atoms with Crippen molar-refractivity contribution in [3.05, 3.63) is 53.6 Å². The van der Waals surface area contributed by atoms with Crippen molar-refractivity contribution < 1.29 is 23.8 Å². The first kappa shape index (κ1) is 19.3. The monoisotopic (exact) mass is 396 g/mol. The summed E-state index contributed by atoms with van der Waals surface area (Å²) in [5.74, 6) is 0.749. The van der Waals surface area contributed by atoms with Crippen LogP contribution in [0, 0.1) is 5.92 Å². The third-order valence-corrected chi connectivity index (χ3v) is 5.10. The summed E-state index contributed by atoms with van der Waals surface area (Å²) in [6.07, 6.45) is 0.198. The third kappa shape index (κ3) is 4.35. The second-order valence-corrected chi connectivity index (χ2v) is 7.20. The van der Waals surface area contributed by atoms with Gasteiger partial charge in [-0.1, -0.05) is 24.3 Å². The molecular formula is C22H24N2O5. The number of carbonyl (C=O) groups is 2. The molecule has 2 aromatic rings. The van der Waals surface area contributed by atoms with E-state index >= 15 is 0 Å². The van der Waals surface area contributed by atoms with E-state index < -0.39 is 0 Å². The minimum absolute atomic E-state index is 0.0658. The number of hydrogen-bond donors (Lipinski definition) is 1. The zero-order valence-corrected chi connectivity index (χ0v) is 16.3. The van der Waals surface area contributed by atoms with Gasteiger partial charge >= 0.3 is 0 Å². The van der Waals surface area contributed by atoms with Gasteiger partial charge in [-0.25, -0.2) is 0 Å². The number of carbonyl (C=O) groups excluding carboxylic acids is 2. The Morgan fingerprint density at radius 1 is 1.14 bits per heavy atom. The number of amides is 2. The van der Waals surface area contributed by atoms with Gasteiger partial charge < -0.3 is 24.4 Å². The van der Waals surface area contributed by atoms with Crippen LogP contribution < -0.4 is 19.7 Å². The maximum atomic E-state index is 12.6. The Balaban J connectivity index is 1.37. The van der Waals surface area contributed by atoms with Gasteiger partial charge in [0.2, 0.25) is 11.8 Å². The van der Waals surface area contributed by atoms with Crippen molar-refractivity contribution >= 4 is 17.5 Å². The predicted octanol–water partition coefficient (Wildman–Crippen LogP) is 2.27. The van der Waals surface area contributed by atoms with Gasteiger partial charge in [0, 0.05) is 38.4 Å². The molecule has 0 radical (unpaired) electrons. The molecule has 1 fully saturated rings. The Morgan fingerprint density at radius 3 is 2.76 bits per heavy atom. The van der Waals surface area contributed by atoms with Crippen LogP contribution in [0.4, 0.5) is 5.69 Å². The molecule has 2 aromatic carbocycles. The Bertz CT molecular complexity index is 914. The van der Waals surface area contributed by atoms with Crippen LogP contribution in [0.15, 0.2) is 42.5 Å². The van der Waals surface area contributed by atoms with E-state index in [0.29, 0.717) is 44.4 Å². The fraction of sp³-hybridized carbons (Fsp3) is 0.364. The number of fused-ring (bicyclic) bond motifs is 1. The van der Waals surface area contributed by atoms with Gasteiger partial charge in [0.25, 0.3) is 0 Å². The summed E-state index contributed by atoms with van der Waals surface area (Å²) in [7, 11) is 1.65. The SMILES string of the molecule is COCc1cccc(CNC(=O)C2CC(=O)N(c3ccc4c(c3)OCCO4)C2)c1. The number of benzene rings is 2. The van der Waals surface area contributed by atoms with Gasteiger partial charge in [-0.15, -0.1) is 0 Å². The Morgan fingerprint density at radius 2 is 1.93 bits per heavy atom. The minimum Gasteiger partial charge on any atom is -0.486 e. The molecule has 29 heavy (non-hydrogen) atoms. The lowest BCUT2D eigenvalue weighted by Gasteiger charge is -2.22. The Labute approximate surface area is 169 Å². The maximum Gasteiger partial charge on any atom is 0.227 e. The van der Waals surface area contributed by atoms with Crippen molar-refractivity contribution in [3.8, 4) is 11.5 Å². The molecule has 7 heteroatoms. The molecule has 0 saturated carbocycles. The van der Waals surface area contributed by atoms with E-state index in [0.717, 1.165) is 16.8 Å². The highest BCUT2D eigenvalue weighted by Gasteiger charge is 2.35. The number of nitrogens with zero attached hydrogens (tertiary/aromatic N) is 1. The molecule has 152 valence electrons. The average Bonchev–Trinajstić information content (AvgIpc) is 3.14. The first-order chi connectivity index (χ1) is 14.1. The molecule has 0 bridgehead atoms. The summed E-state index contributed by atoms with van der Waals surface area (Å²) in [4.78, 5) is 26.8. The van der Waals surface area contributed by atoms with Crippen LogP contribution >= 0.6 is 0 Å². The van der Waals surface area contributed by atoms with Crippen molar-refractivity contribution in [3.63, 3.8) is 0 Å². The molecule has 1 atom stereocenters. The van der Waals surface area contributed by atoms with E-state index in [9.17, 15) is 9.59 Å². The summed E-state index contributed by atoms with van der Waals surface area (Å²) in [6.45, 7) is 2.31.